The topological polar surface area (TPSA) is 77.1 Å². The van der Waals surface area contributed by atoms with Crippen LogP contribution in [0.1, 0.15) is 58.2 Å². The number of alkyl halides is 3. The SMILES string of the molecule is Cc1ccc(C(=O)Nc2cc(-n3cnc(C(C)C)c3)cc(C(F)(F)F)c2)cc1C#Cc1cnc2cccnn12. The second-order valence-electron chi connectivity index (χ2n) is 9.30. The van der Waals surface area contributed by atoms with E-state index in [0.717, 1.165) is 23.4 Å². The first kappa shape index (κ1) is 25.7. The van der Waals surface area contributed by atoms with Gasteiger partial charge in [-0.25, -0.2) is 14.5 Å². The van der Waals surface area contributed by atoms with Crippen LogP contribution in [0.4, 0.5) is 18.9 Å². The number of carbonyl (C=O) groups is 1. The smallest absolute Gasteiger partial charge is 0.322 e. The second-order valence-corrected chi connectivity index (χ2v) is 9.30. The first-order chi connectivity index (χ1) is 18.6. The highest BCUT2D eigenvalue weighted by Crippen LogP contribution is 2.33. The average molecular weight is 529 g/mol. The highest BCUT2D eigenvalue weighted by atomic mass is 19.4. The van der Waals surface area contributed by atoms with Crippen molar-refractivity contribution in [2.75, 3.05) is 5.32 Å². The summed E-state index contributed by atoms with van der Waals surface area (Å²) in [5.41, 5.74) is 3.02. The number of hydrogen-bond donors (Lipinski definition) is 1. The molecule has 0 spiro atoms. The summed E-state index contributed by atoms with van der Waals surface area (Å²) >= 11 is 0. The van der Waals surface area contributed by atoms with Crippen molar-refractivity contribution in [3.63, 3.8) is 0 Å². The number of halogens is 3. The summed E-state index contributed by atoms with van der Waals surface area (Å²) < 4.78 is 44.2. The molecule has 196 valence electrons. The van der Waals surface area contributed by atoms with E-state index < -0.39 is 17.6 Å². The van der Waals surface area contributed by atoms with E-state index in [2.05, 4.69) is 32.2 Å². The van der Waals surface area contributed by atoms with Crippen LogP contribution in [0.2, 0.25) is 0 Å². The van der Waals surface area contributed by atoms with Gasteiger partial charge < -0.3 is 9.88 Å². The summed E-state index contributed by atoms with van der Waals surface area (Å²) in [7, 11) is 0. The lowest BCUT2D eigenvalue weighted by Gasteiger charge is -2.14. The molecule has 0 atom stereocenters. The molecule has 0 radical (unpaired) electrons. The predicted octanol–water partition coefficient (Wildman–Crippen LogP) is 6.02. The molecule has 1 amide bonds. The van der Waals surface area contributed by atoms with Gasteiger partial charge in [-0.2, -0.15) is 18.3 Å². The molecule has 0 unspecified atom stereocenters. The van der Waals surface area contributed by atoms with Gasteiger partial charge in [-0.15, -0.1) is 0 Å². The van der Waals surface area contributed by atoms with Gasteiger partial charge in [0.15, 0.2) is 5.65 Å². The molecule has 0 fully saturated rings. The highest BCUT2D eigenvalue weighted by molar-refractivity contribution is 6.04. The van der Waals surface area contributed by atoms with Gasteiger partial charge in [0.05, 0.1) is 23.8 Å². The maximum absolute atomic E-state index is 13.7. The van der Waals surface area contributed by atoms with Crippen LogP contribution in [0.15, 0.2) is 73.4 Å². The van der Waals surface area contributed by atoms with Crippen molar-refractivity contribution < 1.29 is 18.0 Å². The standard InChI is InChI=1S/C29H23F3N6O/c1-18(2)26-16-37(17-34-26)25-13-22(29(30,31)32)12-23(14-25)36-28(39)21-7-6-19(3)20(11-21)8-9-24-15-33-27-5-4-10-35-38(24)27/h4-7,10-18H,1-3H3,(H,36,39). The van der Waals surface area contributed by atoms with Crippen LogP contribution in [-0.2, 0) is 6.18 Å². The average Bonchev–Trinajstić information content (AvgIpc) is 3.55. The summed E-state index contributed by atoms with van der Waals surface area (Å²) in [6.07, 6.45) is 1.77. The van der Waals surface area contributed by atoms with Crippen LogP contribution in [0, 0.1) is 18.8 Å². The molecule has 0 saturated carbocycles. The minimum Gasteiger partial charge on any atom is -0.322 e. The molecule has 3 heterocycles. The minimum atomic E-state index is -4.60. The molecule has 0 saturated heterocycles. The zero-order valence-electron chi connectivity index (χ0n) is 21.3. The number of rotatable bonds is 4. The van der Waals surface area contributed by atoms with Gasteiger partial charge in [0.25, 0.3) is 5.91 Å². The van der Waals surface area contributed by atoms with E-state index in [0.29, 0.717) is 16.9 Å². The van der Waals surface area contributed by atoms with Crippen LogP contribution >= 0.6 is 0 Å². The van der Waals surface area contributed by atoms with E-state index >= 15 is 0 Å². The molecule has 0 aliphatic heterocycles. The van der Waals surface area contributed by atoms with Gasteiger partial charge in [-0.3, -0.25) is 4.79 Å². The number of aryl methyl sites for hydroxylation is 1. The van der Waals surface area contributed by atoms with Crippen molar-refractivity contribution >= 4 is 17.2 Å². The summed E-state index contributed by atoms with van der Waals surface area (Å²) in [6.45, 7) is 5.74. The number of hydrogen-bond acceptors (Lipinski definition) is 4. The third-order valence-corrected chi connectivity index (χ3v) is 6.10. The Hall–Kier alpha value is -4.91. The Kier molecular flexibility index (Phi) is 6.66. The number of carbonyl (C=O) groups excluding carboxylic acids is 1. The van der Waals surface area contributed by atoms with E-state index in [1.54, 1.807) is 47.4 Å². The van der Waals surface area contributed by atoms with Crippen molar-refractivity contribution in [3.8, 4) is 17.5 Å². The second kappa shape index (κ2) is 10.1. The quantitative estimate of drug-likeness (QED) is 0.290. The number of amides is 1. The summed E-state index contributed by atoms with van der Waals surface area (Å²) in [4.78, 5) is 21.6. The van der Waals surface area contributed by atoms with E-state index in [1.807, 2.05) is 26.8 Å². The fourth-order valence-electron chi connectivity index (χ4n) is 3.92. The van der Waals surface area contributed by atoms with Crippen molar-refractivity contribution in [2.45, 2.75) is 32.9 Å². The van der Waals surface area contributed by atoms with E-state index in [9.17, 15) is 18.0 Å². The molecular weight excluding hydrogens is 505 g/mol. The number of benzene rings is 2. The van der Waals surface area contributed by atoms with Gasteiger partial charge in [0.1, 0.15) is 5.69 Å². The molecule has 1 N–H and O–H groups in total. The Morgan fingerprint density at radius 1 is 1.05 bits per heavy atom. The molecule has 0 aliphatic carbocycles. The van der Waals surface area contributed by atoms with Crippen molar-refractivity contribution in [2.24, 2.45) is 0 Å². The van der Waals surface area contributed by atoms with Crippen molar-refractivity contribution in [1.82, 2.24) is 24.1 Å². The first-order valence-corrected chi connectivity index (χ1v) is 12.1. The Labute approximate surface area is 222 Å². The van der Waals surface area contributed by atoms with Crippen LogP contribution < -0.4 is 5.32 Å². The van der Waals surface area contributed by atoms with Gasteiger partial charge in [-0.1, -0.05) is 25.8 Å². The van der Waals surface area contributed by atoms with E-state index in [4.69, 9.17) is 0 Å². The largest absolute Gasteiger partial charge is 0.416 e. The molecule has 7 nitrogen and oxygen atoms in total. The lowest BCUT2D eigenvalue weighted by Crippen LogP contribution is -2.14. The highest BCUT2D eigenvalue weighted by Gasteiger charge is 2.31. The summed E-state index contributed by atoms with van der Waals surface area (Å²) in [6, 6.07) is 11.9. The predicted molar refractivity (Wildman–Crippen MR) is 141 cm³/mol. The number of aromatic nitrogens is 5. The van der Waals surface area contributed by atoms with Crippen LogP contribution in [-0.4, -0.2) is 30.1 Å². The summed E-state index contributed by atoms with van der Waals surface area (Å²) in [5, 5.41) is 6.84. The normalized spacial score (nSPS) is 11.5. The van der Waals surface area contributed by atoms with Gasteiger partial charge in [-0.05, 0) is 66.8 Å². The Balaban J connectivity index is 1.44. The molecule has 0 bridgehead atoms. The Bertz CT molecular complexity index is 1750. The summed E-state index contributed by atoms with van der Waals surface area (Å²) in [5.74, 6) is 5.62. The third kappa shape index (κ3) is 5.52. The van der Waals surface area contributed by atoms with Crippen LogP contribution in [0.3, 0.4) is 0 Å². The minimum absolute atomic E-state index is 0.00892. The zero-order valence-corrected chi connectivity index (χ0v) is 21.3. The lowest BCUT2D eigenvalue weighted by atomic mass is 10.0. The zero-order chi connectivity index (χ0) is 27.7. The van der Waals surface area contributed by atoms with Gasteiger partial charge in [0, 0.05) is 34.9 Å². The number of imidazole rings is 2. The molecule has 0 aliphatic rings. The maximum Gasteiger partial charge on any atom is 0.416 e. The Morgan fingerprint density at radius 3 is 2.62 bits per heavy atom. The first-order valence-electron chi connectivity index (χ1n) is 12.1. The molecule has 10 heteroatoms. The van der Waals surface area contributed by atoms with Crippen molar-refractivity contribution in [3.05, 3.63) is 107 Å². The molecule has 3 aromatic heterocycles. The van der Waals surface area contributed by atoms with Crippen LogP contribution in [0.5, 0.6) is 0 Å². The van der Waals surface area contributed by atoms with E-state index in [1.165, 1.54) is 17.0 Å². The maximum atomic E-state index is 13.7. The van der Waals surface area contributed by atoms with Crippen LogP contribution in [0.25, 0.3) is 11.3 Å². The molecular formula is C29H23F3N6O. The van der Waals surface area contributed by atoms with Gasteiger partial charge >= 0.3 is 6.18 Å². The molecule has 5 rings (SSSR count). The van der Waals surface area contributed by atoms with Gasteiger partial charge in [0.2, 0.25) is 0 Å². The monoisotopic (exact) mass is 528 g/mol. The van der Waals surface area contributed by atoms with Crippen molar-refractivity contribution in [1.29, 1.82) is 0 Å². The third-order valence-electron chi connectivity index (χ3n) is 6.10. The molecule has 2 aromatic carbocycles. The fourth-order valence-corrected chi connectivity index (χ4v) is 3.92. The lowest BCUT2D eigenvalue weighted by molar-refractivity contribution is -0.137. The number of nitrogens with one attached hydrogen (secondary N) is 1. The molecule has 39 heavy (non-hydrogen) atoms. The number of fused-ring (bicyclic) bond motifs is 1. The number of anilines is 1. The fraction of sp³-hybridized carbons (Fsp3) is 0.172. The van der Waals surface area contributed by atoms with E-state index in [-0.39, 0.29) is 22.9 Å². The Morgan fingerprint density at radius 2 is 1.87 bits per heavy atom. The number of nitrogens with zero attached hydrogens (tertiary/aromatic N) is 5. The molecule has 5 aromatic rings.